The summed E-state index contributed by atoms with van der Waals surface area (Å²) >= 11 is 0. The molecule has 0 spiro atoms. The summed E-state index contributed by atoms with van der Waals surface area (Å²) < 4.78 is 12.9. The molecule has 0 fully saturated rings. The highest BCUT2D eigenvalue weighted by molar-refractivity contribution is 14.0. The van der Waals surface area contributed by atoms with Crippen LogP contribution in [0.3, 0.4) is 0 Å². The third-order valence-electron chi connectivity index (χ3n) is 3.82. The standard InChI is InChI=1S/C19H30N6O2.HI/c1-3-4-10-26-12-13-27-11-8-23-19(20-2)24-15-17-5-6-22-18(14-17)25-9-7-21-16-25;/h5-7,9,14,16H,3-4,8,10-13,15H2,1-2H3,(H2,20,23,24);1H. The monoisotopic (exact) mass is 502 g/mol. The van der Waals surface area contributed by atoms with Crippen molar-refractivity contribution in [3.63, 3.8) is 0 Å². The number of guanidine groups is 1. The number of nitrogens with zero attached hydrogens (tertiary/aromatic N) is 4. The summed E-state index contributed by atoms with van der Waals surface area (Å²) in [4.78, 5) is 12.6. The highest BCUT2D eigenvalue weighted by Crippen LogP contribution is 2.06. The second-order valence-corrected chi connectivity index (χ2v) is 5.92. The number of aliphatic imine (C=N–C) groups is 1. The Bertz CT molecular complexity index is 666. The molecule has 0 saturated carbocycles. The van der Waals surface area contributed by atoms with Gasteiger partial charge in [-0.3, -0.25) is 9.56 Å². The van der Waals surface area contributed by atoms with Gasteiger partial charge >= 0.3 is 0 Å². The van der Waals surface area contributed by atoms with E-state index in [1.165, 1.54) is 0 Å². The van der Waals surface area contributed by atoms with Crippen molar-refractivity contribution >= 4 is 29.9 Å². The summed E-state index contributed by atoms with van der Waals surface area (Å²) in [6.45, 7) is 6.17. The molecule has 0 aromatic carbocycles. The van der Waals surface area contributed by atoms with E-state index < -0.39 is 0 Å². The van der Waals surface area contributed by atoms with Crippen LogP contribution in [-0.2, 0) is 16.0 Å². The van der Waals surface area contributed by atoms with E-state index in [1.54, 1.807) is 25.8 Å². The number of unbranched alkanes of at least 4 members (excludes halogenated alkanes) is 1. The number of hydrogen-bond donors (Lipinski definition) is 2. The highest BCUT2D eigenvalue weighted by Gasteiger charge is 2.02. The summed E-state index contributed by atoms with van der Waals surface area (Å²) in [6, 6.07) is 3.99. The fourth-order valence-corrected chi connectivity index (χ4v) is 2.32. The van der Waals surface area contributed by atoms with Crippen LogP contribution in [0.2, 0.25) is 0 Å². The molecule has 0 atom stereocenters. The first-order valence-electron chi connectivity index (χ1n) is 9.36. The van der Waals surface area contributed by atoms with Crippen molar-refractivity contribution in [2.45, 2.75) is 26.3 Å². The van der Waals surface area contributed by atoms with Crippen LogP contribution in [0.4, 0.5) is 0 Å². The maximum absolute atomic E-state index is 5.54. The van der Waals surface area contributed by atoms with Gasteiger partial charge in [0.2, 0.25) is 0 Å². The van der Waals surface area contributed by atoms with Gasteiger partial charge in [0.25, 0.3) is 0 Å². The Kier molecular flexibility index (Phi) is 13.2. The maximum Gasteiger partial charge on any atom is 0.191 e. The molecule has 8 nitrogen and oxygen atoms in total. The van der Waals surface area contributed by atoms with Gasteiger partial charge in [0.15, 0.2) is 5.96 Å². The second kappa shape index (κ2) is 15.2. The molecule has 0 bridgehead atoms. The summed E-state index contributed by atoms with van der Waals surface area (Å²) in [5.41, 5.74) is 1.11. The quantitative estimate of drug-likeness (QED) is 0.201. The van der Waals surface area contributed by atoms with E-state index in [4.69, 9.17) is 9.47 Å². The van der Waals surface area contributed by atoms with E-state index >= 15 is 0 Å². The average Bonchev–Trinajstić information content (AvgIpc) is 3.24. The van der Waals surface area contributed by atoms with Crippen LogP contribution in [0.25, 0.3) is 5.82 Å². The van der Waals surface area contributed by atoms with Crippen molar-refractivity contribution in [2.24, 2.45) is 4.99 Å². The molecule has 2 aromatic rings. The van der Waals surface area contributed by atoms with E-state index in [1.807, 2.05) is 22.9 Å². The van der Waals surface area contributed by atoms with Crippen molar-refractivity contribution in [1.29, 1.82) is 0 Å². The number of pyridine rings is 1. The molecule has 2 rings (SSSR count). The Morgan fingerprint density at radius 3 is 2.68 bits per heavy atom. The molecule has 2 N–H and O–H groups in total. The van der Waals surface area contributed by atoms with Gasteiger partial charge in [-0.1, -0.05) is 13.3 Å². The molecule has 0 amide bonds. The minimum atomic E-state index is 0. The lowest BCUT2D eigenvalue weighted by Crippen LogP contribution is -2.38. The van der Waals surface area contributed by atoms with Gasteiger partial charge in [0, 0.05) is 45.3 Å². The van der Waals surface area contributed by atoms with Crippen molar-refractivity contribution in [3.05, 3.63) is 42.6 Å². The molecule has 9 heteroatoms. The van der Waals surface area contributed by atoms with Crippen LogP contribution in [0.5, 0.6) is 0 Å². The number of ether oxygens (including phenoxy) is 2. The van der Waals surface area contributed by atoms with Crippen molar-refractivity contribution in [3.8, 4) is 5.82 Å². The predicted octanol–water partition coefficient (Wildman–Crippen LogP) is 2.38. The fraction of sp³-hybridized carbons (Fsp3) is 0.526. The van der Waals surface area contributed by atoms with E-state index in [-0.39, 0.29) is 24.0 Å². The van der Waals surface area contributed by atoms with Gasteiger partial charge in [-0.15, -0.1) is 24.0 Å². The van der Waals surface area contributed by atoms with E-state index in [0.717, 1.165) is 36.8 Å². The van der Waals surface area contributed by atoms with Gasteiger partial charge in [-0.05, 0) is 24.1 Å². The number of imidazole rings is 1. The lowest BCUT2D eigenvalue weighted by molar-refractivity contribution is 0.0487. The molecule has 0 aliphatic heterocycles. The molecule has 28 heavy (non-hydrogen) atoms. The van der Waals surface area contributed by atoms with Gasteiger partial charge in [0.05, 0.1) is 19.8 Å². The van der Waals surface area contributed by atoms with Crippen LogP contribution >= 0.6 is 24.0 Å². The lowest BCUT2D eigenvalue weighted by Gasteiger charge is -2.12. The van der Waals surface area contributed by atoms with Crippen LogP contribution in [0.1, 0.15) is 25.3 Å². The minimum Gasteiger partial charge on any atom is -0.379 e. The Morgan fingerprint density at radius 1 is 1.14 bits per heavy atom. The van der Waals surface area contributed by atoms with Crippen LogP contribution < -0.4 is 10.6 Å². The highest BCUT2D eigenvalue weighted by atomic mass is 127. The van der Waals surface area contributed by atoms with Gasteiger partial charge in [-0.2, -0.15) is 0 Å². The van der Waals surface area contributed by atoms with Gasteiger partial charge in [-0.25, -0.2) is 9.97 Å². The van der Waals surface area contributed by atoms with Crippen molar-refractivity contribution in [2.75, 3.05) is 40.0 Å². The topological polar surface area (TPSA) is 85.6 Å². The van der Waals surface area contributed by atoms with Gasteiger partial charge < -0.3 is 20.1 Å². The SMILES string of the molecule is CCCCOCCOCCNC(=NC)NCc1ccnc(-n2ccnc2)c1.I. The third-order valence-corrected chi connectivity index (χ3v) is 3.82. The molecule has 2 aromatic heterocycles. The number of aromatic nitrogens is 3. The third kappa shape index (κ3) is 9.47. The average molecular weight is 502 g/mol. The number of rotatable bonds is 12. The van der Waals surface area contributed by atoms with Crippen molar-refractivity contribution < 1.29 is 9.47 Å². The first-order chi connectivity index (χ1) is 13.3. The molecule has 0 aliphatic rings. The van der Waals surface area contributed by atoms with Crippen LogP contribution in [0, 0.1) is 0 Å². The number of nitrogens with one attached hydrogen (secondary N) is 2. The molecule has 0 aliphatic carbocycles. The number of hydrogen-bond acceptors (Lipinski definition) is 5. The van der Waals surface area contributed by atoms with E-state index in [2.05, 4.69) is 32.5 Å². The normalized spacial score (nSPS) is 11.1. The van der Waals surface area contributed by atoms with E-state index in [0.29, 0.717) is 32.9 Å². The predicted molar refractivity (Wildman–Crippen MR) is 122 cm³/mol. The Labute approximate surface area is 184 Å². The first kappa shape index (κ1) is 24.3. The van der Waals surface area contributed by atoms with E-state index in [9.17, 15) is 0 Å². The molecule has 0 unspecified atom stereocenters. The molecule has 0 radical (unpaired) electrons. The Morgan fingerprint density at radius 2 is 1.96 bits per heavy atom. The smallest absolute Gasteiger partial charge is 0.191 e. The second-order valence-electron chi connectivity index (χ2n) is 5.92. The first-order valence-corrected chi connectivity index (χ1v) is 9.36. The molecular weight excluding hydrogens is 471 g/mol. The minimum absolute atomic E-state index is 0. The number of halogens is 1. The summed E-state index contributed by atoms with van der Waals surface area (Å²) in [6.07, 6.45) is 9.38. The molecule has 2 heterocycles. The Balaban J connectivity index is 0.00000392. The summed E-state index contributed by atoms with van der Waals surface area (Å²) in [7, 11) is 1.75. The van der Waals surface area contributed by atoms with Gasteiger partial charge in [0.1, 0.15) is 12.1 Å². The zero-order chi connectivity index (χ0) is 19.2. The van der Waals surface area contributed by atoms with Crippen LogP contribution in [0.15, 0.2) is 42.0 Å². The van der Waals surface area contributed by atoms with Crippen molar-refractivity contribution in [1.82, 2.24) is 25.2 Å². The lowest BCUT2D eigenvalue weighted by atomic mass is 10.2. The fourth-order valence-electron chi connectivity index (χ4n) is 2.32. The summed E-state index contributed by atoms with van der Waals surface area (Å²) in [5, 5.41) is 6.52. The van der Waals surface area contributed by atoms with Crippen LogP contribution in [-0.4, -0.2) is 60.5 Å². The molecule has 0 saturated heterocycles. The molecule has 156 valence electrons. The zero-order valence-electron chi connectivity index (χ0n) is 16.6. The molecular formula is C19H31IN6O2. The summed E-state index contributed by atoms with van der Waals surface area (Å²) in [5.74, 6) is 1.57. The maximum atomic E-state index is 5.54. The zero-order valence-corrected chi connectivity index (χ0v) is 19.0. The Hall–Kier alpha value is -1.72. The largest absolute Gasteiger partial charge is 0.379 e.